The van der Waals surface area contributed by atoms with E-state index in [-0.39, 0.29) is 24.8 Å². The van der Waals surface area contributed by atoms with E-state index in [4.69, 9.17) is 20.6 Å². The van der Waals surface area contributed by atoms with Crippen LogP contribution in [0.3, 0.4) is 0 Å². The van der Waals surface area contributed by atoms with Crippen molar-refractivity contribution in [2.45, 2.75) is 0 Å². The SMILES string of the molecule is COCCS(=O)(=O)Nc1cccc(OCC(=N)N)c1. The van der Waals surface area contributed by atoms with Crippen LogP contribution in [0.25, 0.3) is 0 Å². The highest BCUT2D eigenvalue weighted by Gasteiger charge is 2.10. The third-order valence-corrected chi connectivity index (χ3v) is 3.31. The van der Waals surface area contributed by atoms with Crippen molar-refractivity contribution >= 4 is 21.5 Å². The van der Waals surface area contributed by atoms with Gasteiger partial charge < -0.3 is 15.2 Å². The Morgan fingerprint density at radius 1 is 1.47 bits per heavy atom. The van der Waals surface area contributed by atoms with Gasteiger partial charge in [0.25, 0.3) is 0 Å². The lowest BCUT2D eigenvalue weighted by molar-refractivity contribution is 0.217. The molecule has 0 heterocycles. The molecule has 0 bridgehead atoms. The first kappa shape index (κ1) is 15.3. The van der Waals surface area contributed by atoms with E-state index in [0.717, 1.165) is 0 Å². The van der Waals surface area contributed by atoms with E-state index in [1.165, 1.54) is 13.2 Å². The molecule has 0 fully saturated rings. The summed E-state index contributed by atoms with van der Waals surface area (Å²) in [7, 11) is -2.01. The Kier molecular flexibility index (Phi) is 5.58. The largest absolute Gasteiger partial charge is 0.486 e. The molecule has 0 radical (unpaired) electrons. The number of rotatable bonds is 8. The zero-order chi connectivity index (χ0) is 14.3. The molecule has 0 amide bonds. The molecule has 0 aliphatic carbocycles. The van der Waals surface area contributed by atoms with E-state index in [9.17, 15) is 8.42 Å². The quantitative estimate of drug-likeness (QED) is 0.472. The van der Waals surface area contributed by atoms with Crippen LogP contribution >= 0.6 is 0 Å². The summed E-state index contributed by atoms with van der Waals surface area (Å²) in [5.74, 6) is 0.204. The molecule has 7 nitrogen and oxygen atoms in total. The van der Waals surface area contributed by atoms with Gasteiger partial charge in [0.05, 0.1) is 18.0 Å². The molecule has 0 saturated heterocycles. The van der Waals surface area contributed by atoms with Crippen LogP contribution in [0, 0.1) is 5.41 Å². The molecule has 0 aromatic heterocycles. The highest BCUT2D eigenvalue weighted by Crippen LogP contribution is 2.18. The van der Waals surface area contributed by atoms with Crippen LogP contribution in [-0.4, -0.2) is 40.3 Å². The van der Waals surface area contributed by atoms with E-state index in [1.807, 2.05) is 0 Å². The van der Waals surface area contributed by atoms with Gasteiger partial charge in [0, 0.05) is 13.2 Å². The summed E-state index contributed by atoms with van der Waals surface area (Å²) < 4.78 is 35.6. The summed E-state index contributed by atoms with van der Waals surface area (Å²) in [6, 6.07) is 6.41. The summed E-state index contributed by atoms with van der Waals surface area (Å²) >= 11 is 0. The smallest absolute Gasteiger partial charge is 0.235 e. The van der Waals surface area contributed by atoms with Crippen molar-refractivity contribution in [3.05, 3.63) is 24.3 Å². The number of anilines is 1. The summed E-state index contributed by atoms with van der Waals surface area (Å²) in [4.78, 5) is 0. The van der Waals surface area contributed by atoms with Crippen molar-refractivity contribution in [2.24, 2.45) is 5.73 Å². The number of sulfonamides is 1. The fourth-order valence-corrected chi connectivity index (χ4v) is 2.21. The molecule has 8 heteroatoms. The molecular weight excluding hydrogens is 270 g/mol. The standard InChI is InChI=1S/C11H17N3O4S/c1-17-5-6-19(15,16)14-9-3-2-4-10(7-9)18-8-11(12)13/h2-4,7,14H,5-6,8H2,1H3,(H3,12,13). The minimum Gasteiger partial charge on any atom is -0.486 e. The Hall–Kier alpha value is -1.80. The van der Waals surface area contributed by atoms with E-state index >= 15 is 0 Å². The topological polar surface area (TPSA) is 115 Å². The third-order valence-electron chi connectivity index (χ3n) is 2.06. The molecular formula is C11H17N3O4S. The van der Waals surface area contributed by atoms with E-state index in [0.29, 0.717) is 11.4 Å². The van der Waals surface area contributed by atoms with Crippen molar-refractivity contribution in [3.63, 3.8) is 0 Å². The summed E-state index contributed by atoms with van der Waals surface area (Å²) in [5, 5.41) is 7.04. The van der Waals surface area contributed by atoms with E-state index < -0.39 is 10.0 Å². The number of methoxy groups -OCH3 is 1. The molecule has 0 atom stereocenters. The molecule has 4 N–H and O–H groups in total. The van der Waals surface area contributed by atoms with Gasteiger partial charge in [-0.25, -0.2) is 8.42 Å². The molecule has 1 aromatic rings. The number of nitrogens with one attached hydrogen (secondary N) is 2. The first-order valence-corrected chi connectivity index (χ1v) is 7.13. The predicted molar refractivity (Wildman–Crippen MR) is 73.1 cm³/mol. The van der Waals surface area contributed by atoms with Gasteiger partial charge in [-0.2, -0.15) is 0 Å². The monoisotopic (exact) mass is 287 g/mol. The van der Waals surface area contributed by atoms with Crippen LogP contribution in [0.1, 0.15) is 0 Å². The van der Waals surface area contributed by atoms with E-state index in [1.54, 1.807) is 18.2 Å². The molecule has 0 aliphatic rings. The maximum Gasteiger partial charge on any atom is 0.235 e. The predicted octanol–water partition coefficient (Wildman–Crippen LogP) is 0.389. The second-order valence-electron chi connectivity index (χ2n) is 3.76. The van der Waals surface area contributed by atoms with Gasteiger partial charge in [0.2, 0.25) is 10.0 Å². The van der Waals surface area contributed by atoms with Crippen LogP contribution in [0.4, 0.5) is 5.69 Å². The van der Waals surface area contributed by atoms with Crippen molar-refractivity contribution < 1.29 is 17.9 Å². The lowest BCUT2D eigenvalue weighted by atomic mass is 10.3. The third kappa shape index (κ3) is 6.07. The Morgan fingerprint density at radius 3 is 2.84 bits per heavy atom. The number of ether oxygens (including phenoxy) is 2. The van der Waals surface area contributed by atoms with Crippen molar-refractivity contribution in [2.75, 3.05) is 30.8 Å². The molecule has 0 unspecified atom stereocenters. The maximum atomic E-state index is 11.7. The average molecular weight is 287 g/mol. The average Bonchev–Trinajstić information content (AvgIpc) is 2.34. The number of benzene rings is 1. The Morgan fingerprint density at radius 2 is 2.21 bits per heavy atom. The number of hydrogen-bond donors (Lipinski definition) is 3. The zero-order valence-electron chi connectivity index (χ0n) is 10.5. The lowest BCUT2D eigenvalue weighted by Gasteiger charge is -2.10. The highest BCUT2D eigenvalue weighted by molar-refractivity contribution is 7.92. The number of amidine groups is 1. The number of nitrogens with two attached hydrogens (primary N) is 1. The normalized spacial score (nSPS) is 11.0. The van der Waals surface area contributed by atoms with Gasteiger partial charge in [0.1, 0.15) is 18.2 Å². The molecule has 1 rings (SSSR count). The Bertz CT molecular complexity index is 530. The van der Waals surface area contributed by atoms with Gasteiger partial charge in [-0.15, -0.1) is 0 Å². The summed E-state index contributed by atoms with van der Waals surface area (Å²) in [6.45, 7) is 0.0791. The van der Waals surface area contributed by atoms with Crippen LogP contribution in [0.2, 0.25) is 0 Å². The molecule has 106 valence electrons. The zero-order valence-corrected chi connectivity index (χ0v) is 11.4. The molecule has 0 aliphatic heterocycles. The molecule has 19 heavy (non-hydrogen) atoms. The first-order chi connectivity index (χ1) is 8.93. The van der Waals surface area contributed by atoms with Gasteiger partial charge in [0.15, 0.2) is 0 Å². The highest BCUT2D eigenvalue weighted by atomic mass is 32.2. The fraction of sp³-hybridized carbons (Fsp3) is 0.364. The molecule has 1 aromatic carbocycles. The van der Waals surface area contributed by atoms with E-state index in [2.05, 4.69) is 4.72 Å². The van der Waals surface area contributed by atoms with Crippen molar-refractivity contribution in [1.82, 2.24) is 0 Å². The van der Waals surface area contributed by atoms with Gasteiger partial charge in [-0.3, -0.25) is 10.1 Å². The summed E-state index contributed by atoms with van der Waals surface area (Å²) in [5.41, 5.74) is 5.55. The molecule has 0 saturated carbocycles. The van der Waals surface area contributed by atoms with Gasteiger partial charge in [-0.05, 0) is 12.1 Å². The van der Waals surface area contributed by atoms with Gasteiger partial charge >= 0.3 is 0 Å². The number of hydrogen-bond acceptors (Lipinski definition) is 5. The van der Waals surface area contributed by atoms with Crippen molar-refractivity contribution in [3.8, 4) is 5.75 Å². The van der Waals surface area contributed by atoms with Crippen LogP contribution in [0.15, 0.2) is 24.3 Å². The Balaban J connectivity index is 2.68. The minimum absolute atomic E-state index is 0.0418. The van der Waals surface area contributed by atoms with Crippen LogP contribution < -0.4 is 15.2 Å². The minimum atomic E-state index is -3.44. The first-order valence-electron chi connectivity index (χ1n) is 5.48. The Labute approximate surface area is 112 Å². The maximum absolute atomic E-state index is 11.7. The van der Waals surface area contributed by atoms with Crippen LogP contribution in [0.5, 0.6) is 5.75 Å². The second-order valence-corrected chi connectivity index (χ2v) is 5.60. The van der Waals surface area contributed by atoms with Crippen molar-refractivity contribution in [1.29, 1.82) is 5.41 Å². The molecule has 0 spiro atoms. The lowest BCUT2D eigenvalue weighted by Crippen LogP contribution is -2.20. The van der Waals surface area contributed by atoms with Gasteiger partial charge in [-0.1, -0.05) is 6.07 Å². The fourth-order valence-electron chi connectivity index (χ4n) is 1.23. The second kappa shape index (κ2) is 6.95. The van der Waals surface area contributed by atoms with Crippen LogP contribution in [-0.2, 0) is 14.8 Å². The summed E-state index contributed by atoms with van der Waals surface area (Å²) in [6.07, 6.45) is 0.